The predicted octanol–water partition coefficient (Wildman–Crippen LogP) is 2.76. The molecule has 3 aliphatic rings. The first-order valence-corrected chi connectivity index (χ1v) is 8.74. The lowest BCUT2D eigenvalue weighted by Crippen LogP contribution is -2.52. The van der Waals surface area contributed by atoms with E-state index in [2.05, 4.69) is 15.4 Å². The van der Waals surface area contributed by atoms with Gasteiger partial charge in [0.2, 0.25) is 5.96 Å². The minimum absolute atomic E-state index is 0.244. The number of alkyl halides is 2. The van der Waals surface area contributed by atoms with Gasteiger partial charge in [-0.3, -0.25) is 0 Å². The van der Waals surface area contributed by atoms with Gasteiger partial charge in [-0.1, -0.05) is 6.92 Å². The number of fused-ring (bicyclic) bond motifs is 1. The Morgan fingerprint density at radius 3 is 2.81 bits per heavy atom. The molecular weight excluding hydrogens is 344 g/mol. The third-order valence-electron chi connectivity index (χ3n) is 4.59. The van der Waals surface area contributed by atoms with E-state index in [1.54, 1.807) is 9.91 Å². The summed E-state index contributed by atoms with van der Waals surface area (Å²) in [7, 11) is 0. The number of rotatable bonds is 2. The maximum absolute atomic E-state index is 13.3. The molecule has 0 saturated carbocycles. The molecule has 9 heteroatoms. The molecule has 3 heterocycles. The van der Waals surface area contributed by atoms with Gasteiger partial charge in [0, 0.05) is 24.2 Å². The van der Waals surface area contributed by atoms with Crippen molar-refractivity contribution < 1.29 is 18.3 Å². The Kier molecular flexibility index (Phi) is 4.76. The monoisotopic (exact) mass is 369 g/mol. The van der Waals surface area contributed by atoms with Crippen LogP contribution in [0.5, 0.6) is 0 Å². The fourth-order valence-corrected chi connectivity index (χ4v) is 3.44. The van der Waals surface area contributed by atoms with Crippen molar-refractivity contribution in [3.8, 4) is 0 Å². The molecule has 0 aromatic heterocycles. The molecule has 0 radical (unpaired) electrons. The summed E-state index contributed by atoms with van der Waals surface area (Å²) in [6.45, 7) is 8.69. The number of hydrogen-bond acceptors (Lipinski definition) is 6. The number of amides is 1. The van der Waals surface area contributed by atoms with Crippen molar-refractivity contribution in [2.24, 2.45) is 15.4 Å². The summed E-state index contributed by atoms with van der Waals surface area (Å²) in [5.74, 6) is 0.244. The molecular formula is C17H25F2N5O2. The van der Waals surface area contributed by atoms with Gasteiger partial charge >= 0.3 is 6.09 Å². The summed E-state index contributed by atoms with van der Waals surface area (Å²) < 4.78 is 32.0. The Labute approximate surface area is 151 Å². The summed E-state index contributed by atoms with van der Waals surface area (Å²) in [5, 5.41) is 1.66. The Morgan fingerprint density at radius 2 is 2.15 bits per heavy atom. The van der Waals surface area contributed by atoms with Crippen LogP contribution in [0, 0.1) is 5.41 Å². The molecule has 1 N–H and O–H groups in total. The third-order valence-corrected chi connectivity index (χ3v) is 4.59. The number of carbonyl (C=O) groups is 1. The molecule has 3 rings (SSSR count). The molecule has 7 nitrogen and oxygen atoms in total. The first-order valence-electron chi connectivity index (χ1n) is 8.74. The zero-order valence-electron chi connectivity index (χ0n) is 15.6. The standard InChI is InChI=1S/C17H25F2N5O2/c1-16(2,3)26-15(25)23-7-5-6-17(4,9-23)12-8-11(13(18)19)22-14-20-10-21-24(12)14/h8,13,21H,5-7,9-10H2,1-4H3. The lowest BCUT2D eigenvalue weighted by molar-refractivity contribution is 0.00853. The highest BCUT2D eigenvalue weighted by Crippen LogP contribution is 2.40. The van der Waals surface area contributed by atoms with Gasteiger partial charge in [0.25, 0.3) is 6.43 Å². The summed E-state index contributed by atoms with van der Waals surface area (Å²) >= 11 is 0. The minimum atomic E-state index is -2.68. The summed E-state index contributed by atoms with van der Waals surface area (Å²) in [6.07, 6.45) is -0.120. The predicted molar refractivity (Wildman–Crippen MR) is 93.9 cm³/mol. The van der Waals surface area contributed by atoms with E-state index < -0.39 is 17.4 Å². The number of carbonyl (C=O) groups excluding carboxylic acids is 1. The van der Waals surface area contributed by atoms with E-state index in [9.17, 15) is 13.6 Å². The van der Waals surface area contributed by atoms with E-state index in [1.165, 1.54) is 6.08 Å². The van der Waals surface area contributed by atoms with E-state index in [0.29, 0.717) is 25.5 Å². The molecule has 0 spiro atoms. The van der Waals surface area contributed by atoms with Gasteiger partial charge < -0.3 is 9.64 Å². The molecule has 1 saturated heterocycles. The van der Waals surface area contributed by atoms with E-state index in [-0.39, 0.29) is 17.8 Å². The fourth-order valence-electron chi connectivity index (χ4n) is 3.44. The molecule has 0 aromatic rings. The van der Waals surface area contributed by atoms with E-state index >= 15 is 0 Å². The van der Waals surface area contributed by atoms with Crippen molar-refractivity contribution in [3.63, 3.8) is 0 Å². The zero-order chi connectivity index (χ0) is 19.1. The van der Waals surface area contributed by atoms with Crippen molar-refractivity contribution in [2.45, 2.75) is 52.6 Å². The molecule has 3 aliphatic heterocycles. The number of likely N-dealkylation sites (tertiary alicyclic amines) is 1. The highest BCUT2D eigenvalue weighted by Gasteiger charge is 2.43. The quantitative estimate of drug-likeness (QED) is 0.813. The van der Waals surface area contributed by atoms with E-state index in [1.807, 2.05) is 27.7 Å². The van der Waals surface area contributed by atoms with Crippen molar-refractivity contribution >= 4 is 17.8 Å². The van der Waals surface area contributed by atoms with Crippen LogP contribution in [0.4, 0.5) is 13.6 Å². The number of ether oxygens (including phenoxy) is 1. The molecule has 0 bridgehead atoms. The van der Waals surface area contributed by atoms with Crippen LogP contribution in [0.25, 0.3) is 0 Å². The number of halogens is 2. The van der Waals surface area contributed by atoms with Crippen LogP contribution in [0.15, 0.2) is 21.8 Å². The average Bonchev–Trinajstić information content (AvgIpc) is 3.00. The molecule has 26 heavy (non-hydrogen) atoms. The lowest BCUT2D eigenvalue weighted by Gasteiger charge is -2.45. The van der Waals surface area contributed by atoms with Crippen LogP contribution < -0.4 is 5.43 Å². The van der Waals surface area contributed by atoms with Crippen molar-refractivity contribution in [3.05, 3.63) is 11.8 Å². The van der Waals surface area contributed by atoms with Gasteiger partial charge in [0.05, 0.1) is 0 Å². The minimum Gasteiger partial charge on any atom is -0.444 e. The van der Waals surface area contributed by atoms with Crippen LogP contribution in [-0.2, 0) is 4.74 Å². The Balaban J connectivity index is 1.86. The van der Waals surface area contributed by atoms with Crippen LogP contribution in [0.1, 0.15) is 40.5 Å². The van der Waals surface area contributed by atoms with E-state index in [4.69, 9.17) is 4.74 Å². The highest BCUT2D eigenvalue weighted by atomic mass is 19.3. The normalized spacial score (nSPS) is 26.3. The lowest BCUT2D eigenvalue weighted by atomic mass is 9.78. The number of hydrazine groups is 1. The topological polar surface area (TPSA) is 69.5 Å². The number of nitrogens with zero attached hydrogens (tertiary/aromatic N) is 4. The molecule has 1 amide bonds. The first kappa shape index (κ1) is 18.8. The van der Waals surface area contributed by atoms with Crippen LogP contribution in [0.2, 0.25) is 0 Å². The second-order valence-electron chi connectivity index (χ2n) is 8.04. The maximum Gasteiger partial charge on any atom is 0.410 e. The fraction of sp³-hybridized carbons (Fsp3) is 0.706. The maximum atomic E-state index is 13.3. The Bertz CT molecular complexity index is 683. The van der Waals surface area contributed by atoms with Crippen molar-refractivity contribution in [1.82, 2.24) is 15.3 Å². The molecule has 0 aliphatic carbocycles. The number of nitrogens with one attached hydrogen (secondary N) is 1. The second-order valence-corrected chi connectivity index (χ2v) is 8.04. The largest absolute Gasteiger partial charge is 0.444 e. The summed E-state index contributed by atoms with van der Waals surface area (Å²) in [5.41, 5.74) is 2.32. The van der Waals surface area contributed by atoms with Gasteiger partial charge in [-0.25, -0.2) is 34.0 Å². The van der Waals surface area contributed by atoms with Gasteiger partial charge in [-0.05, 0) is 39.7 Å². The third kappa shape index (κ3) is 3.72. The zero-order valence-corrected chi connectivity index (χ0v) is 15.6. The molecule has 1 fully saturated rings. The van der Waals surface area contributed by atoms with Gasteiger partial charge in [-0.2, -0.15) is 0 Å². The smallest absolute Gasteiger partial charge is 0.410 e. The van der Waals surface area contributed by atoms with Crippen molar-refractivity contribution in [1.29, 1.82) is 0 Å². The number of allylic oxidation sites excluding steroid dienone is 1. The molecule has 0 aromatic carbocycles. The molecule has 1 unspecified atom stereocenters. The average molecular weight is 369 g/mol. The van der Waals surface area contributed by atoms with Gasteiger partial charge in [0.15, 0.2) is 0 Å². The van der Waals surface area contributed by atoms with Gasteiger partial charge in [-0.15, -0.1) is 0 Å². The number of guanidine groups is 1. The highest BCUT2D eigenvalue weighted by molar-refractivity contribution is 6.08. The second kappa shape index (κ2) is 6.61. The first-order chi connectivity index (χ1) is 12.1. The van der Waals surface area contributed by atoms with Crippen LogP contribution in [-0.4, -0.2) is 59.5 Å². The summed E-state index contributed by atoms with van der Waals surface area (Å²) in [6, 6.07) is 0. The number of hydrogen-bond donors (Lipinski definition) is 1. The van der Waals surface area contributed by atoms with E-state index in [0.717, 1.165) is 12.8 Å². The van der Waals surface area contributed by atoms with Gasteiger partial charge in [0.1, 0.15) is 18.0 Å². The molecule has 144 valence electrons. The van der Waals surface area contributed by atoms with Crippen LogP contribution in [0.3, 0.4) is 0 Å². The number of aliphatic imine (C=N–C) groups is 2. The Hall–Kier alpha value is -2.03. The van der Waals surface area contributed by atoms with Crippen molar-refractivity contribution in [2.75, 3.05) is 19.8 Å². The summed E-state index contributed by atoms with van der Waals surface area (Å²) in [4.78, 5) is 22.2. The SMILES string of the molecule is CC(C)(C)OC(=O)N1CCCC(C)(C2=CC(C(F)F)=NC3=NCNN23)C1. The molecule has 1 atom stereocenters. The Morgan fingerprint density at radius 1 is 1.42 bits per heavy atom. The number of piperidine rings is 1. The van der Waals surface area contributed by atoms with Crippen LogP contribution >= 0.6 is 0 Å².